The summed E-state index contributed by atoms with van der Waals surface area (Å²) < 4.78 is 11.7. The molecule has 32 heavy (non-hydrogen) atoms. The summed E-state index contributed by atoms with van der Waals surface area (Å²) in [6.07, 6.45) is 1.64. The molecule has 2 aromatic carbocycles. The Morgan fingerprint density at radius 2 is 1.88 bits per heavy atom. The highest BCUT2D eigenvalue weighted by Gasteiger charge is 2.56. The van der Waals surface area contributed by atoms with Crippen LogP contribution in [0.4, 0.5) is 5.69 Å². The molecule has 2 aliphatic heterocycles. The first-order valence-electron chi connectivity index (χ1n) is 10.5. The van der Waals surface area contributed by atoms with Crippen LogP contribution in [0.1, 0.15) is 40.7 Å². The van der Waals surface area contributed by atoms with E-state index in [2.05, 4.69) is 26.8 Å². The van der Waals surface area contributed by atoms with E-state index in [1.165, 1.54) is 0 Å². The fourth-order valence-electron chi connectivity index (χ4n) is 4.67. The highest BCUT2D eigenvalue weighted by Crippen LogP contribution is 2.49. The normalized spacial score (nSPS) is 24.6. The number of carbonyl (C=O) groups is 2. The molecule has 0 radical (unpaired) electrons. The molecule has 2 saturated heterocycles. The molecule has 0 spiro atoms. The number of furan rings is 1. The minimum absolute atomic E-state index is 0.0367. The van der Waals surface area contributed by atoms with Gasteiger partial charge < -0.3 is 14.1 Å². The first-order valence-corrected chi connectivity index (χ1v) is 11.3. The highest BCUT2D eigenvalue weighted by molar-refractivity contribution is 9.10. The van der Waals surface area contributed by atoms with Crippen molar-refractivity contribution < 1.29 is 18.7 Å². The largest absolute Gasteiger partial charge is 0.468 e. The van der Waals surface area contributed by atoms with Crippen molar-refractivity contribution in [1.29, 1.82) is 0 Å². The Bertz CT molecular complexity index is 1130. The van der Waals surface area contributed by atoms with E-state index in [1.54, 1.807) is 37.5 Å². The van der Waals surface area contributed by atoms with Gasteiger partial charge in [-0.1, -0.05) is 28.1 Å². The van der Waals surface area contributed by atoms with Crippen LogP contribution in [0, 0.1) is 5.92 Å². The summed E-state index contributed by atoms with van der Waals surface area (Å²) in [5, 5.41) is 0. The number of hydrazine groups is 1. The predicted octanol–water partition coefficient (Wildman–Crippen LogP) is 4.14. The average Bonchev–Trinajstić information content (AvgIpc) is 3.52. The molecule has 1 amide bonds. The van der Waals surface area contributed by atoms with Crippen molar-refractivity contribution in [2.24, 2.45) is 5.92 Å². The molecular weight excluding hydrogens is 474 g/mol. The second kappa shape index (κ2) is 8.54. The van der Waals surface area contributed by atoms with E-state index in [1.807, 2.05) is 41.3 Å². The molecule has 164 valence electrons. The van der Waals surface area contributed by atoms with Crippen LogP contribution in [0.2, 0.25) is 0 Å². The average molecular weight is 496 g/mol. The standard InChI is InChI=1S/C24H22BrN3O4/c1-2-31-24(30)14-8-10-17(11-9-14)28-22(15-5-3-6-16(25)13-15)19-20(18-7-4-12-32-18)26-27-21(19)23(28)29/h3-13,19-22,26-27H,2H2,1H3. The maximum absolute atomic E-state index is 13.6. The van der Waals surface area contributed by atoms with E-state index >= 15 is 0 Å². The van der Waals surface area contributed by atoms with Gasteiger partial charge in [0, 0.05) is 16.1 Å². The van der Waals surface area contributed by atoms with E-state index in [0.29, 0.717) is 12.2 Å². The molecule has 2 N–H and O–H groups in total. The number of anilines is 1. The minimum Gasteiger partial charge on any atom is -0.468 e. The maximum atomic E-state index is 13.6. The Morgan fingerprint density at radius 1 is 1.09 bits per heavy atom. The monoisotopic (exact) mass is 495 g/mol. The Balaban J connectivity index is 1.57. The molecule has 4 unspecified atom stereocenters. The Morgan fingerprint density at radius 3 is 2.56 bits per heavy atom. The summed E-state index contributed by atoms with van der Waals surface area (Å²) in [7, 11) is 0. The van der Waals surface area contributed by atoms with Crippen LogP contribution in [-0.4, -0.2) is 24.5 Å². The maximum Gasteiger partial charge on any atom is 0.338 e. The van der Waals surface area contributed by atoms with Gasteiger partial charge in [0.15, 0.2) is 0 Å². The number of nitrogens with zero attached hydrogens (tertiary/aromatic N) is 1. The topological polar surface area (TPSA) is 83.8 Å². The first kappa shape index (κ1) is 20.9. The van der Waals surface area contributed by atoms with Gasteiger partial charge in [0.2, 0.25) is 5.91 Å². The van der Waals surface area contributed by atoms with E-state index < -0.39 is 6.04 Å². The molecule has 3 heterocycles. The number of fused-ring (bicyclic) bond motifs is 1. The molecule has 1 aromatic heterocycles. The minimum atomic E-state index is -0.418. The number of hydrogen-bond donors (Lipinski definition) is 2. The van der Waals surface area contributed by atoms with Crippen LogP contribution in [0.25, 0.3) is 0 Å². The molecule has 0 saturated carbocycles. The third-order valence-electron chi connectivity index (χ3n) is 6.01. The molecule has 5 rings (SSSR count). The van der Waals surface area contributed by atoms with Crippen LogP contribution in [0.3, 0.4) is 0 Å². The SMILES string of the molecule is CCOC(=O)c1ccc(N2C(=O)C3NNC(c4ccco4)C3C2c2cccc(Br)c2)cc1. The number of hydrogen-bond acceptors (Lipinski definition) is 6. The highest BCUT2D eigenvalue weighted by atomic mass is 79.9. The number of halogens is 1. The zero-order valence-corrected chi connectivity index (χ0v) is 18.9. The van der Waals surface area contributed by atoms with E-state index in [4.69, 9.17) is 9.15 Å². The van der Waals surface area contributed by atoms with Gasteiger partial charge in [0.1, 0.15) is 11.8 Å². The fourth-order valence-corrected chi connectivity index (χ4v) is 5.08. The van der Waals surface area contributed by atoms with Gasteiger partial charge in [0.05, 0.1) is 30.5 Å². The van der Waals surface area contributed by atoms with Gasteiger partial charge in [-0.2, -0.15) is 0 Å². The third kappa shape index (κ3) is 3.54. The molecule has 2 aliphatic rings. The van der Waals surface area contributed by atoms with Crippen molar-refractivity contribution in [2.75, 3.05) is 11.5 Å². The number of carbonyl (C=O) groups excluding carboxylic acids is 2. The lowest BCUT2D eigenvalue weighted by molar-refractivity contribution is -0.119. The lowest BCUT2D eigenvalue weighted by Crippen LogP contribution is -2.41. The molecule has 0 bridgehead atoms. The molecule has 4 atom stereocenters. The predicted molar refractivity (Wildman–Crippen MR) is 122 cm³/mol. The molecule has 7 nitrogen and oxygen atoms in total. The summed E-state index contributed by atoms with van der Waals surface area (Å²) >= 11 is 3.56. The summed E-state index contributed by atoms with van der Waals surface area (Å²) in [6, 6.07) is 17.9. The Labute approximate surface area is 193 Å². The smallest absolute Gasteiger partial charge is 0.338 e. The first-order chi connectivity index (χ1) is 15.6. The summed E-state index contributed by atoms with van der Waals surface area (Å²) in [6.45, 7) is 2.08. The number of benzene rings is 2. The van der Waals surface area contributed by atoms with Crippen molar-refractivity contribution in [3.63, 3.8) is 0 Å². The van der Waals surface area contributed by atoms with Crippen molar-refractivity contribution in [2.45, 2.75) is 25.0 Å². The number of esters is 1. The van der Waals surface area contributed by atoms with Crippen LogP contribution >= 0.6 is 15.9 Å². The van der Waals surface area contributed by atoms with Crippen molar-refractivity contribution >= 4 is 33.5 Å². The summed E-state index contributed by atoms with van der Waals surface area (Å²) in [5.41, 5.74) is 8.62. The number of nitrogens with one attached hydrogen (secondary N) is 2. The lowest BCUT2D eigenvalue weighted by atomic mass is 9.85. The molecule has 0 aliphatic carbocycles. The number of rotatable bonds is 5. The van der Waals surface area contributed by atoms with Crippen molar-refractivity contribution in [1.82, 2.24) is 10.9 Å². The van der Waals surface area contributed by atoms with Gasteiger partial charge in [-0.05, 0) is 61.0 Å². The van der Waals surface area contributed by atoms with Gasteiger partial charge in [0.25, 0.3) is 0 Å². The quantitative estimate of drug-likeness (QED) is 0.517. The second-order valence-electron chi connectivity index (χ2n) is 7.81. The van der Waals surface area contributed by atoms with E-state index in [-0.39, 0.29) is 29.9 Å². The van der Waals surface area contributed by atoms with Crippen molar-refractivity contribution in [3.8, 4) is 0 Å². The molecule has 3 aromatic rings. The van der Waals surface area contributed by atoms with Crippen LogP contribution < -0.4 is 15.8 Å². The van der Waals surface area contributed by atoms with Crippen molar-refractivity contribution in [3.05, 3.63) is 88.3 Å². The lowest BCUT2D eigenvalue weighted by Gasteiger charge is -2.30. The van der Waals surface area contributed by atoms with Gasteiger partial charge in [-0.25, -0.2) is 15.6 Å². The number of amides is 1. The molecular formula is C24H22BrN3O4. The van der Waals surface area contributed by atoms with E-state index in [9.17, 15) is 9.59 Å². The summed E-state index contributed by atoms with van der Waals surface area (Å²) in [5.74, 6) is 0.256. The molecule has 2 fully saturated rings. The van der Waals surface area contributed by atoms with Gasteiger partial charge >= 0.3 is 5.97 Å². The zero-order chi connectivity index (χ0) is 22.2. The fraction of sp³-hybridized carbons (Fsp3) is 0.250. The van der Waals surface area contributed by atoms with Gasteiger partial charge in [-0.3, -0.25) is 4.79 Å². The van der Waals surface area contributed by atoms with Gasteiger partial charge in [-0.15, -0.1) is 0 Å². The summed E-state index contributed by atoms with van der Waals surface area (Å²) in [4.78, 5) is 27.5. The zero-order valence-electron chi connectivity index (χ0n) is 17.3. The van der Waals surface area contributed by atoms with Crippen LogP contribution in [-0.2, 0) is 9.53 Å². The molecule has 8 heteroatoms. The van der Waals surface area contributed by atoms with Crippen LogP contribution in [0.5, 0.6) is 0 Å². The third-order valence-corrected chi connectivity index (χ3v) is 6.50. The number of ether oxygens (including phenoxy) is 1. The van der Waals surface area contributed by atoms with E-state index in [0.717, 1.165) is 21.5 Å². The Kier molecular flexibility index (Phi) is 5.58. The Hall–Kier alpha value is -2.94. The van der Waals surface area contributed by atoms with Crippen LogP contribution in [0.15, 0.2) is 75.8 Å². The second-order valence-corrected chi connectivity index (χ2v) is 8.73.